The van der Waals surface area contributed by atoms with Crippen molar-refractivity contribution in [2.75, 3.05) is 18.7 Å². The molecule has 0 unspecified atom stereocenters. The fraction of sp³-hybridized carbons (Fsp3) is 0.438. The number of hydrazone groups is 1. The molecule has 1 aromatic carbocycles. The number of nitrogens with one attached hydrogen (secondary N) is 2. The normalized spacial score (nSPS) is 26.6. The summed E-state index contributed by atoms with van der Waals surface area (Å²) in [7, 11) is 1.87. The van der Waals surface area contributed by atoms with Crippen LogP contribution in [0.5, 0.6) is 0 Å². The highest BCUT2D eigenvalue weighted by Gasteiger charge is 2.47. The number of amides is 2. The van der Waals surface area contributed by atoms with Gasteiger partial charge in [0.15, 0.2) is 5.84 Å². The van der Waals surface area contributed by atoms with Crippen LogP contribution in [0.4, 0.5) is 5.69 Å². The second-order valence-corrected chi connectivity index (χ2v) is 6.40. The number of rotatable bonds is 2. The Morgan fingerprint density at radius 1 is 1.21 bits per heavy atom. The van der Waals surface area contributed by atoms with Crippen LogP contribution in [0.1, 0.15) is 18.4 Å². The Morgan fingerprint density at radius 2 is 2.00 bits per heavy atom. The van der Waals surface area contributed by atoms with Crippen LogP contribution in [0.15, 0.2) is 29.4 Å². The van der Waals surface area contributed by atoms with Crippen molar-refractivity contribution in [1.29, 1.82) is 0 Å². The molecule has 8 heteroatoms. The van der Waals surface area contributed by atoms with Crippen LogP contribution < -0.4 is 16.0 Å². The van der Waals surface area contributed by atoms with Gasteiger partial charge in [0.05, 0.1) is 18.3 Å². The van der Waals surface area contributed by atoms with Crippen molar-refractivity contribution in [1.82, 2.24) is 20.8 Å². The number of hydrogen-bond donors (Lipinski definition) is 2. The summed E-state index contributed by atoms with van der Waals surface area (Å²) in [6.45, 7) is 2.10. The Morgan fingerprint density at radius 3 is 2.79 bits per heavy atom. The first-order valence-corrected chi connectivity index (χ1v) is 8.09. The number of aryl methyl sites for hydroxylation is 1. The SMILES string of the molecule is Cc1cccc(N2N=C([C@H]3CC[C@H]4C(=O)NCC(=O)N34)N(C)N2)c1. The zero-order chi connectivity index (χ0) is 16.8. The van der Waals surface area contributed by atoms with Crippen molar-refractivity contribution >= 4 is 23.3 Å². The third kappa shape index (κ3) is 2.30. The molecule has 0 bridgehead atoms. The van der Waals surface area contributed by atoms with Gasteiger partial charge in [-0.15, -0.1) is 10.6 Å². The summed E-state index contributed by atoms with van der Waals surface area (Å²) in [6.07, 6.45) is 1.40. The molecule has 0 aliphatic carbocycles. The van der Waals surface area contributed by atoms with E-state index in [9.17, 15) is 9.59 Å². The number of likely N-dealkylation sites (N-methyl/N-ethyl adjacent to an activating group) is 1. The van der Waals surface area contributed by atoms with Crippen molar-refractivity contribution in [3.05, 3.63) is 29.8 Å². The summed E-state index contributed by atoms with van der Waals surface area (Å²) < 4.78 is 0. The van der Waals surface area contributed by atoms with Gasteiger partial charge in [-0.3, -0.25) is 14.6 Å². The first-order valence-electron chi connectivity index (χ1n) is 8.09. The van der Waals surface area contributed by atoms with Crippen LogP contribution >= 0.6 is 0 Å². The summed E-state index contributed by atoms with van der Waals surface area (Å²) in [6, 6.07) is 7.45. The van der Waals surface area contributed by atoms with Crippen molar-refractivity contribution in [2.24, 2.45) is 5.10 Å². The molecule has 3 aliphatic rings. The number of hydrazine groups is 2. The number of nitrogens with zero attached hydrogens (tertiary/aromatic N) is 4. The lowest BCUT2D eigenvalue weighted by molar-refractivity contribution is -0.144. The minimum Gasteiger partial charge on any atom is -0.345 e. The lowest BCUT2D eigenvalue weighted by Crippen LogP contribution is -2.60. The lowest BCUT2D eigenvalue weighted by Gasteiger charge is -2.34. The predicted molar refractivity (Wildman–Crippen MR) is 88.7 cm³/mol. The lowest BCUT2D eigenvalue weighted by atomic mass is 10.1. The van der Waals surface area contributed by atoms with Crippen molar-refractivity contribution < 1.29 is 9.59 Å². The Balaban J connectivity index is 1.62. The summed E-state index contributed by atoms with van der Waals surface area (Å²) in [5, 5.41) is 10.8. The van der Waals surface area contributed by atoms with Gasteiger partial charge in [0.1, 0.15) is 6.04 Å². The number of amidine groups is 1. The van der Waals surface area contributed by atoms with E-state index in [0.29, 0.717) is 6.42 Å². The molecule has 0 spiro atoms. The number of hydrogen-bond acceptors (Lipinski definition) is 6. The van der Waals surface area contributed by atoms with E-state index in [0.717, 1.165) is 23.5 Å². The number of fused-ring (bicyclic) bond motifs is 1. The third-order valence-corrected chi connectivity index (χ3v) is 4.72. The van der Waals surface area contributed by atoms with Crippen LogP contribution in [0.3, 0.4) is 0 Å². The van der Waals surface area contributed by atoms with Gasteiger partial charge in [-0.05, 0) is 37.5 Å². The standard InChI is InChI=1S/C16H20N6O2/c1-10-4-3-5-11(8-10)22-18-15(20(2)19-22)12-6-7-13-16(24)17-9-14(23)21(12)13/h3-5,8,12-13,19H,6-7,9H2,1-2H3,(H,17,24)/t12-,13+/m1/s1. The highest BCUT2D eigenvalue weighted by molar-refractivity contribution is 6.00. The quantitative estimate of drug-likeness (QED) is 0.797. The van der Waals surface area contributed by atoms with Gasteiger partial charge in [0.2, 0.25) is 11.8 Å². The Bertz CT molecular complexity index is 733. The van der Waals surface area contributed by atoms with Gasteiger partial charge in [0.25, 0.3) is 0 Å². The highest BCUT2D eigenvalue weighted by atomic mass is 16.2. The maximum atomic E-state index is 12.3. The van der Waals surface area contributed by atoms with Crippen LogP contribution in [-0.2, 0) is 9.59 Å². The fourth-order valence-electron chi connectivity index (χ4n) is 3.59. The number of carbonyl (C=O) groups is 2. The molecular weight excluding hydrogens is 308 g/mol. The topological polar surface area (TPSA) is 80.3 Å². The van der Waals surface area contributed by atoms with E-state index in [1.807, 2.05) is 43.2 Å². The number of benzene rings is 1. The molecular formula is C16H20N6O2. The molecule has 126 valence electrons. The number of anilines is 1. The van der Waals surface area contributed by atoms with Crippen LogP contribution in [0.25, 0.3) is 0 Å². The average molecular weight is 328 g/mol. The zero-order valence-electron chi connectivity index (χ0n) is 13.7. The molecule has 1 aromatic rings. The summed E-state index contributed by atoms with van der Waals surface area (Å²) in [5.74, 6) is 0.635. The Labute approximate surface area is 140 Å². The minimum absolute atomic E-state index is 0.0489. The molecule has 2 fully saturated rings. The van der Waals surface area contributed by atoms with Crippen molar-refractivity contribution in [2.45, 2.75) is 31.8 Å². The van der Waals surface area contributed by atoms with Crippen LogP contribution in [-0.4, -0.2) is 53.2 Å². The molecule has 0 saturated carbocycles. The van der Waals surface area contributed by atoms with E-state index in [1.54, 1.807) is 10.0 Å². The van der Waals surface area contributed by atoms with E-state index in [4.69, 9.17) is 0 Å². The van der Waals surface area contributed by atoms with E-state index >= 15 is 0 Å². The molecule has 3 aliphatic heterocycles. The minimum atomic E-state index is -0.375. The molecule has 8 nitrogen and oxygen atoms in total. The average Bonchev–Trinajstić information content (AvgIpc) is 3.15. The molecule has 2 amide bonds. The molecule has 2 saturated heterocycles. The van der Waals surface area contributed by atoms with Crippen molar-refractivity contribution in [3.63, 3.8) is 0 Å². The smallest absolute Gasteiger partial charge is 0.243 e. The number of carbonyl (C=O) groups excluding carboxylic acids is 2. The highest BCUT2D eigenvalue weighted by Crippen LogP contribution is 2.30. The van der Waals surface area contributed by atoms with Crippen LogP contribution in [0, 0.1) is 6.92 Å². The summed E-state index contributed by atoms with van der Waals surface area (Å²) in [5.41, 5.74) is 5.24. The first kappa shape index (κ1) is 14.9. The van der Waals surface area contributed by atoms with Crippen LogP contribution in [0.2, 0.25) is 0 Å². The third-order valence-electron chi connectivity index (χ3n) is 4.72. The molecule has 2 atom stereocenters. The predicted octanol–water partition coefficient (Wildman–Crippen LogP) is -0.0307. The monoisotopic (exact) mass is 328 g/mol. The van der Waals surface area contributed by atoms with E-state index < -0.39 is 0 Å². The van der Waals surface area contributed by atoms with E-state index in [2.05, 4.69) is 16.0 Å². The van der Waals surface area contributed by atoms with Gasteiger partial charge in [-0.1, -0.05) is 12.1 Å². The molecule has 24 heavy (non-hydrogen) atoms. The number of piperazine rings is 1. The second kappa shape index (κ2) is 5.48. The fourth-order valence-corrected chi connectivity index (χ4v) is 3.59. The molecule has 0 aromatic heterocycles. The van der Waals surface area contributed by atoms with Gasteiger partial charge in [-0.2, -0.15) is 5.12 Å². The Hall–Kier alpha value is -2.61. The van der Waals surface area contributed by atoms with Crippen molar-refractivity contribution in [3.8, 4) is 0 Å². The molecule has 4 rings (SSSR count). The molecule has 3 heterocycles. The summed E-state index contributed by atoms with van der Waals surface area (Å²) >= 11 is 0. The van der Waals surface area contributed by atoms with Gasteiger partial charge < -0.3 is 10.2 Å². The van der Waals surface area contributed by atoms with Gasteiger partial charge >= 0.3 is 0 Å². The second-order valence-electron chi connectivity index (χ2n) is 6.40. The zero-order valence-corrected chi connectivity index (χ0v) is 13.7. The molecule has 0 radical (unpaired) electrons. The largest absolute Gasteiger partial charge is 0.345 e. The Kier molecular flexibility index (Phi) is 3.42. The maximum absolute atomic E-state index is 12.3. The molecule has 2 N–H and O–H groups in total. The summed E-state index contributed by atoms with van der Waals surface area (Å²) in [4.78, 5) is 26.0. The van der Waals surface area contributed by atoms with Gasteiger partial charge in [-0.25, -0.2) is 0 Å². The van der Waals surface area contributed by atoms with Gasteiger partial charge in [0, 0.05) is 7.05 Å². The maximum Gasteiger partial charge on any atom is 0.243 e. The first-order chi connectivity index (χ1) is 11.5. The van der Waals surface area contributed by atoms with E-state index in [-0.39, 0.29) is 30.4 Å². The van der Waals surface area contributed by atoms with E-state index in [1.165, 1.54) is 0 Å².